The zero-order valence-corrected chi connectivity index (χ0v) is 11.7. The van der Waals surface area contributed by atoms with E-state index >= 15 is 0 Å². The molecule has 1 aromatic rings. The number of rotatable bonds is 4. The highest BCUT2D eigenvalue weighted by Gasteiger charge is 2.11. The normalized spacial score (nSPS) is 10.2. The third-order valence-corrected chi connectivity index (χ3v) is 3.12. The molecule has 1 aromatic carbocycles. The number of halogens is 2. The van der Waals surface area contributed by atoms with Crippen molar-refractivity contribution in [1.29, 1.82) is 0 Å². The predicted molar refractivity (Wildman–Crippen MR) is 69.2 cm³/mol. The van der Waals surface area contributed by atoms with E-state index in [2.05, 4.69) is 15.9 Å². The molecule has 0 heterocycles. The van der Waals surface area contributed by atoms with Gasteiger partial charge < -0.3 is 4.74 Å². The summed E-state index contributed by atoms with van der Waals surface area (Å²) >= 11 is 9.36. The molecule has 0 saturated carbocycles. The van der Waals surface area contributed by atoms with Crippen LogP contribution < -0.4 is 0 Å². The summed E-state index contributed by atoms with van der Waals surface area (Å²) in [5, 5.41) is 1.38. The zero-order chi connectivity index (χ0) is 12.1. The number of hydrogen-bond acceptors (Lipinski definition) is 2. The van der Waals surface area contributed by atoms with Gasteiger partial charge in [0.15, 0.2) is 0 Å². The number of benzene rings is 1. The summed E-state index contributed by atoms with van der Waals surface area (Å²) in [4.78, 5) is 11.4. The first-order chi connectivity index (χ1) is 7.58. The lowest BCUT2D eigenvalue weighted by Gasteiger charge is -2.11. The van der Waals surface area contributed by atoms with Gasteiger partial charge in [-0.1, -0.05) is 27.5 Å². The van der Waals surface area contributed by atoms with Gasteiger partial charge in [-0.25, -0.2) is 0 Å². The van der Waals surface area contributed by atoms with E-state index in [1.807, 2.05) is 19.1 Å². The van der Waals surface area contributed by atoms with Crippen LogP contribution in [0.2, 0.25) is 5.02 Å². The first-order valence-corrected chi connectivity index (χ1v) is 6.58. The summed E-state index contributed by atoms with van der Waals surface area (Å²) in [7, 11) is 0. The molecule has 4 heteroatoms. The highest BCUT2D eigenvalue weighted by atomic mass is 79.9. The molecule has 0 saturated heterocycles. The van der Waals surface area contributed by atoms with E-state index in [4.69, 9.17) is 16.3 Å². The molecule has 0 radical (unpaired) electrons. The smallest absolute Gasteiger partial charge is 0.310 e. The maximum Gasteiger partial charge on any atom is 0.310 e. The molecular weight excluding hydrogens is 291 g/mol. The third-order valence-electron chi connectivity index (χ3n) is 2.30. The van der Waals surface area contributed by atoms with E-state index < -0.39 is 0 Å². The number of ether oxygens (including phenoxy) is 1. The van der Waals surface area contributed by atoms with Crippen molar-refractivity contribution in [3.8, 4) is 0 Å². The van der Waals surface area contributed by atoms with Gasteiger partial charge in [-0.3, -0.25) is 4.79 Å². The van der Waals surface area contributed by atoms with Crippen molar-refractivity contribution in [2.45, 2.75) is 25.6 Å². The standard InChI is InChI=1S/C12H14BrClO2/c1-3-16-12(15)6-11-8(2)4-10(14)5-9(11)7-13/h4-5H,3,6-7H2,1-2H3. The number of esters is 1. The number of carbonyl (C=O) groups is 1. The Kier molecular flexibility index (Phi) is 5.29. The molecule has 0 unspecified atom stereocenters. The number of aryl methyl sites for hydroxylation is 1. The molecule has 0 aliphatic rings. The fraction of sp³-hybridized carbons (Fsp3) is 0.417. The summed E-state index contributed by atoms with van der Waals surface area (Å²) in [5.74, 6) is -0.199. The topological polar surface area (TPSA) is 26.3 Å². The van der Waals surface area contributed by atoms with Gasteiger partial charge in [0.25, 0.3) is 0 Å². The van der Waals surface area contributed by atoms with E-state index in [0.717, 1.165) is 16.7 Å². The maximum atomic E-state index is 11.4. The van der Waals surface area contributed by atoms with Gasteiger partial charge in [0.2, 0.25) is 0 Å². The molecule has 16 heavy (non-hydrogen) atoms. The minimum atomic E-state index is -0.199. The van der Waals surface area contributed by atoms with E-state index in [-0.39, 0.29) is 5.97 Å². The molecule has 1 rings (SSSR count). The molecule has 0 aliphatic carbocycles. The molecule has 0 aliphatic heterocycles. The molecular formula is C12H14BrClO2. The molecule has 0 bridgehead atoms. The van der Waals surface area contributed by atoms with Crippen molar-refractivity contribution in [2.75, 3.05) is 6.61 Å². The van der Waals surface area contributed by atoms with E-state index in [1.54, 1.807) is 6.92 Å². The summed E-state index contributed by atoms with van der Waals surface area (Å²) in [6.07, 6.45) is 0.303. The van der Waals surface area contributed by atoms with Gasteiger partial charge in [-0.2, -0.15) is 0 Å². The third kappa shape index (κ3) is 3.49. The summed E-state index contributed by atoms with van der Waals surface area (Å²) in [6, 6.07) is 3.74. The van der Waals surface area contributed by atoms with Gasteiger partial charge in [-0.15, -0.1) is 0 Å². The lowest BCUT2D eigenvalue weighted by atomic mass is 10.0. The SMILES string of the molecule is CCOC(=O)Cc1c(C)cc(Cl)cc1CBr. The van der Waals surface area contributed by atoms with Crippen molar-refractivity contribution in [1.82, 2.24) is 0 Å². The maximum absolute atomic E-state index is 11.4. The van der Waals surface area contributed by atoms with Crippen LogP contribution in [0.1, 0.15) is 23.6 Å². The van der Waals surface area contributed by atoms with Crippen molar-refractivity contribution in [3.05, 3.63) is 33.8 Å². The Bertz CT molecular complexity index is 391. The van der Waals surface area contributed by atoms with Gasteiger partial charge in [-0.05, 0) is 42.7 Å². The Hall–Kier alpha value is -0.540. The quantitative estimate of drug-likeness (QED) is 0.627. The van der Waals surface area contributed by atoms with Crippen LogP contribution in [-0.2, 0) is 21.3 Å². The first kappa shape index (κ1) is 13.5. The van der Waals surface area contributed by atoms with E-state index in [9.17, 15) is 4.79 Å². The lowest BCUT2D eigenvalue weighted by Crippen LogP contribution is -2.10. The Labute approximate surface area is 109 Å². The molecule has 2 nitrogen and oxygen atoms in total. The Morgan fingerprint density at radius 2 is 2.19 bits per heavy atom. The fourth-order valence-electron chi connectivity index (χ4n) is 1.57. The Morgan fingerprint density at radius 3 is 2.75 bits per heavy atom. The van der Waals surface area contributed by atoms with Crippen LogP contribution in [0.3, 0.4) is 0 Å². The molecule has 0 atom stereocenters. The monoisotopic (exact) mass is 304 g/mol. The number of carbonyl (C=O) groups excluding carboxylic acids is 1. The van der Waals surface area contributed by atoms with Crippen LogP contribution in [0.15, 0.2) is 12.1 Å². The van der Waals surface area contributed by atoms with Gasteiger partial charge >= 0.3 is 5.97 Å². The second-order valence-corrected chi connectivity index (χ2v) is 4.47. The molecule has 0 N–H and O–H groups in total. The van der Waals surface area contributed by atoms with Crippen LogP contribution in [-0.4, -0.2) is 12.6 Å². The zero-order valence-electron chi connectivity index (χ0n) is 9.35. The van der Waals surface area contributed by atoms with Crippen LogP contribution in [0, 0.1) is 6.92 Å². The Morgan fingerprint density at radius 1 is 1.50 bits per heavy atom. The van der Waals surface area contributed by atoms with Gasteiger partial charge in [0.05, 0.1) is 13.0 Å². The molecule has 0 spiro atoms. The highest BCUT2D eigenvalue weighted by molar-refractivity contribution is 9.08. The average molecular weight is 306 g/mol. The second-order valence-electron chi connectivity index (χ2n) is 3.48. The summed E-state index contributed by atoms with van der Waals surface area (Å²) in [6.45, 7) is 4.17. The van der Waals surface area contributed by atoms with Crippen molar-refractivity contribution in [3.63, 3.8) is 0 Å². The summed E-state index contributed by atoms with van der Waals surface area (Å²) in [5.41, 5.74) is 3.06. The first-order valence-electron chi connectivity index (χ1n) is 5.08. The predicted octanol–water partition coefficient (Wildman–Crippen LogP) is 3.65. The highest BCUT2D eigenvalue weighted by Crippen LogP contribution is 2.23. The fourth-order valence-corrected chi connectivity index (χ4v) is 2.37. The molecule has 0 amide bonds. The molecule has 0 aromatic heterocycles. The minimum Gasteiger partial charge on any atom is -0.466 e. The largest absolute Gasteiger partial charge is 0.466 e. The van der Waals surface area contributed by atoms with E-state index in [0.29, 0.717) is 23.4 Å². The van der Waals surface area contributed by atoms with Crippen LogP contribution in [0.5, 0.6) is 0 Å². The lowest BCUT2D eigenvalue weighted by molar-refractivity contribution is -0.142. The second kappa shape index (κ2) is 6.26. The average Bonchev–Trinajstić information content (AvgIpc) is 2.22. The summed E-state index contributed by atoms with van der Waals surface area (Å²) < 4.78 is 4.94. The molecule has 88 valence electrons. The van der Waals surface area contributed by atoms with Crippen molar-refractivity contribution >= 4 is 33.5 Å². The van der Waals surface area contributed by atoms with Crippen molar-refractivity contribution < 1.29 is 9.53 Å². The number of hydrogen-bond donors (Lipinski definition) is 0. The van der Waals surface area contributed by atoms with Crippen LogP contribution >= 0.6 is 27.5 Å². The van der Waals surface area contributed by atoms with Gasteiger partial charge in [0, 0.05) is 10.4 Å². The number of alkyl halides is 1. The van der Waals surface area contributed by atoms with Crippen molar-refractivity contribution in [2.24, 2.45) is 0 Å². The Balaban J connectivity index is 2.98. The van der Waals surface area contributed by atoms with E-state index in [1.165, 1.54) is 0 Å². The van der Waals surface area contributed by atoms with Gasteiger partial charge in [0.1, 0.15) is 0 Å². The van der Waals surface area contributed by atoms with Crippen LogP contribution in [0.4, 0.5) is 0 Å². The van der Waals surface area contributed by atoms with Crippen LogP contribution in [0.25, 0.3) is 0 Å². The minimum absolute atomic E-state index is 0.199. The molecule has 0 fully saturated rings.